The van der Waals surface area contributed by atoms with Crippen LogP contribution in [0.2, 0.25) is 10.0 Å². The third-order valence-corrected chi connectivity index (χ3v) is 3.67. The number of carbonyl (C=O) groups excluding carboxylic acids is 1. The Morgan fingerprint density at radius 2 is 1.71 bits per heavy atom. The van der Waals surface area contributed by atoms with Crippen LogP contribution in [0.15, 0.2) is 30.3 Å². The Kier molecular flexibility index (Phi) is 4.70. The Labute approximate surface area is 131 Å². The van der Waals surface area contributed by atoms with Gasteiger partial charge in [-0.2, -0.15) is 0 Å². The number of hydrogen-bond acceptors (Lipinski definition) is 3. The monoisotopic (exact) mass is 328 g/mol. The van der Waals surface area contributed by atoms with Gasteiger partial charge in [0, 0.05) is 5.56 Å². The van der Waals surface area contributed by atoms with E-state index in [1.54, 1.807) is 0 Å². The smallest absolute Gasteiger partial charge is 0.198 e. The van der Waals surface area contributed by atoms with Crippen LogP contribution in [-0.4, -0.2) is 20.0 Å². The third-order valence-electron chi connectivity index (χ3n) is 2.93. The highest BCUT2D eigenvalue weighted by molar-refractivity contribution is 6.36. The first kappa shape index (κ1) is 15.6. The van der Waals surface area contributed by atoms with E-state index in [0.29, 0.717) is 5.75 Å². The molecule has 0 heterocycles. The standard InChI is InChI=1S/C15H11Cl2FO3/c1-20-11-7-6-9(15(21-2)13(11)17)14(19)8-4-3-5-10(18)12(8)16/h3-7H,1-2H3. The average molecular weight is 329 g/mol. The van der Waals surface area contributed by atoms with Crippen LogP contribution in [0.3, 0.4) is 0 Å². The average Bonchev–Trinajstić information content (AvgIpc) is 2.49. The lowest BCUT2D eigenvalue weighted by Gasteiger charge is -2.13. The third kappa shape index (κ3) is 2.82. The zero-order chi connectivity index (χ0) is 15.6. The van der Waals surface area contributed by atoms with Gasteiger partial charge < -0.3 is 9.47 Å². The van der Waals surface area contributed by atoms with Gasteiger partial charge in [-0.15, -0.1) is 0 Å². The summed E-state index contributed by atoms with van der Waals surface area (Å²) in [6.07, 6.45) is 0. The maximum Gasteiger partial charge on any atom is 0.198 e. The number of rotatable bonds is 4. The van der Waals surface area contributed by atoms with Crippen molar-refractivity contribution in [1.82, 2.24) is 0 Å². The van der Waals surface area contributed by atoms with Gasteiger partial charge in [0.15, 0.2) is 11.5 Å². The van der Waals surface area contributed by atoms with Crippen molar-refractivity contribution in [2.24, 2.45) is 0 Å². The number of carbonyl (C=O) groups is 1. The van der Waals surface area contributed by atoms with Crippen LogP contribution in [0.1, 0.15) is 15.9 Å². The SMILES string of the molecule is COc1ccc(C(=O)c2cccc(F)c2Cl)c(OC)c1Cl. The predicted octanol–water partition coefficient (Wildman–Crippen LogP) is 4.38. The fourth-order valence-corrected chi connectivity index (χ4v) is 2.43. The van der Waals surface area contributed by atoms with Crippen molar-refractivity contribution in [1.29, 1.82) is 0 Å². The van der Waals surface area contributed by atoms with Crippen LogP contribution in [0.25, 0.3) is 0 Å². The summed E-state index contributed by atoms with van der Waals surface area (Å²) in [5.41, 5.74) is 0.215. The lowest BCUT2D eigenvalue weighted by atomic mass is 10.0. The highest BCUT2D eigenvalue weighted by atomic mass is 35.5. The molecule has 2 aromatic carbocycles. The predicted molar refractivity (Wildman–Crippen MR) is 79.4 cm³/mol. The Hall–Kier alpha value is -1.78. The van der Waals surface area contributed by atoms with Crippen molar-refractivity contribution < 1.29 is 18.7 Å². The van der Waals surface area contributed by atoms with Gasteiger partial charge in [0.2, 0.25) is 0 Å². The van der Waals surface area contributed by atoms with E-state index in [9.17, 15) is 9.18 Å². The Balaban J connectivity index is 2.59. The number of methoxy groups -OCH3 is 2. The molecule has 0 aliphatic heterocycles. The normalized spacial score (nSPS) is 10.3. The Morgan fingerprint density at radius 3 is 2.33 bits per heavy atom. The highest BCUT2D eigenvalue weighted by Crippen LogP contribution is 2.38. The molecule has 0 fully saturated rings. The molecule has 6 heteroatoms. The molecule has 0 aliphatic rings. The molecule has 0 radical (unpaired) electrons. The van der Waals surface area contributed by atoms with E-state index in [-0.39, 0.29) is 26.9 Å². The molecule has 0 saturated heterocycles. The summed E-state index contributed by atoms with van der Waals surface area (Å²) in [6.45, 7) is 0. The zero-order valence-corrected chi connectivity index (χ0v) is 12.8. The molecule has 0 spiro atoms. The largest absolute Gasteiger partial charge is 0.495 e. The van der Waals surface area contributed by atoms with Crippen molar-refractivity contribution >= 4 is 29.0 Å². The van der Waals surface area contributed by atoms with Crippen molar-refractivity contribution in [3.63, 3.8) is 0 Å². The highest BCUT2D eigenvalue weighted by Gasteiger charge is 2.22. The molecule has 0 aliphatic carbocycles. The summed E-state index contributed by atoms with van der Waals surface area (Å²) in [4.78, 5) is 12.5. The number of halogens is 3. The number of ketones is 1. The van der Waals surface area contributed by atoms with Gasteiger partial charge in [-0.1, -0.05) is 29.3 Å². The number of benzene rings is 2. The summed E-state index contributed by atoms with van der Waals surface area (Å²) in [6, 6.07) is 7.05. The maximum atomic E-state index is 13.5. The van der Waals surface area contributed by atoms with Gasteiger partial charge in [0.25, 0.3) is 0 Å². The Morgan fingerprint density at radius 1 is 1.00 bits per heavy atom. The van der Waals surface area contributed by atoms with Crippen molar-refractivity contribution in [3.8, 4) is 11.5 Å². The first-order chi connectivity index (χ1) is 10.0. The molecule has 2 aromatic rings. The van der Waals surface area contributed by atoms with Crippen molar-refractivity contribution in [2.45, 2.75) is 0 Å². The zero-order valence-electron chi connectivity index (χ0n) is 11.2. The van der Waals surface area contributed by atoms with E-state index in [0.717, 1.165) is 0 Å². The van der Waals surface area contributed by atoms with E-state index in [1.165, 1.54) is 44.6 Å². The summed E-state index contributed by atoms with van der Waals surface area (Å²) < 4.78 is 23.7. The summed E-state index contributed by atoms with van der Waals surface area (Å²) in [5, 5.41) is -0.0742. The Bertz CT molecular complexity index is 702. The van der Waals surface area contributed by atoms with E-state index < -0.39 is 11.6 Å². The topological polar surface area (TPSA) is 35.5 Å². The molecule has 0 atom stereocenters. The molecule has 0 amide bonds. The molecule has 0 unspecified atom stereocenters. The van der Waals surface area contributed by atoms with Crippen LogP contribution in [0.4, 0.5) is 4.39 Å². The molecular formula is C15H11Cl2FO3. The van der Waals surface area contributed by atoms with Crippen LogP contribution >= 0.6 is 23.2 Å². The minimum Gasteiger partial charge on any atom is -0.495 e. The van der Waals surface area contributed by atoms with Gasteiger partial charge >= 0.3 is 0 Å². The van der Waals surface area contributed by atoms with Gasteiger partial charge in [-0.3, -0.25) is 4.79 Å². The second-order valence-corrected chi connectivity index (χ2v) is 4.85. The fourth-order valence-electron chi connectivity index (χ4n) is 1.90. The molecule has 0 saturated carbocycles. The number of ether oxygens (including phenoxy) is 2. The van der Waals surface area contributed by atoms with Crippen molar-refractivity contribution in [3.05, 3.63) is 57.3 Å². The van der Waals surface area contributed by atoms with Crippen LogP contribution < -0.4 is 9.47 Å². The second-order valence-electron chi connectivity index (χ2n) is 4.09. The van der Waals surface area contributed by atoms with Crippen LogP contribution in [-0.2, 0) is 0 Å². The summed E-state index contributed by atoms with van der Waals surface area (Å²) in [5.74, 6) is -0.626. The van der Waals surface area contributed by atoms with Gasteiger partial charge in [0.1, 0.15) is 16.6 Å². The van der Waals surface area contributed by atoms with Crippen LogP contribution in [0.5, 0.6) is 11.5 Å². The molecule has 21 heavy (non-hydrogen) atoms. The van der Waals surface area contributed by atoms with E-state index in [4.69, 9.17) is 32.7 Å². The minimum atomic E-state index is -0.666. The molecular weight excluding hydrogens is 318 g/mol. The molecule has 110 valence electrons. The fraction of sp³-hybridized carbons (Fsp3) is 0.133. The molecule has 3 nitrogen and oxygen atoms in total. The van der Waals surface area contributed by atoms with Crippen LogP contribution in [0, 0.1) is 5.82 Å². The minimum absolute atomic E-state index is 0.0381. The maximum absolute atomic E-state index is 13.5. The lowest BCUT2D eigenvalue weighted by Crippen LogP contribution is -2.06. The number of hydrogen-bond donors (Lipinski definition) is 0. The van der Waals surface area contributed by atoms with E-state index in [2.05, 4.69) is 0 Å². The van der Waals surface area contributed by atoms with Gasteiger partial charge in [-0.25, -0.2) is 4.39 Å². The summed E-state index contributed by atoms with van der Waals surface area (Å²) in [7, 11) is 2.83. The molecule has 0 aromatic heterocycles. The molecule has 2 rings (SSSR count). The lowest BCUT2D eigenvalue weighted by molar-refractivity contribution is 0.103. The van der Waals surface area contributed by atoms with E-state index in [1.807, 2.05) is 0 Å². The van der Waals surface area contributed by atoms with E-state index >= 15 is 0 Å². The first-order valence-electron chi connectivity index (χ1n) is 5.90. The van der Waals surface area contributed by atoms with Gasteiger partial charge in [0.05, 0.1) is 24.8 Å². The van der Waals surface area contributed by atoms with Crippen molar-refractivity contribution in [2.75, 3.05) is 14.2 Å². The summed E-state index contributed by atoms with van der Waals surface area (Å²) >= 11 is 11.9. The second kappa shape index (κ2) is 6.33. The molecule has 0 N–H and O–H groups in total. The molecule has 0 bridgehead atoms. The van der Waals surface area contributed by atoms with Gasteiger partial charge in [-0.05, 0) is 24.3 Å². The quantitative estimate of drug-likeness (QED) is 0.781. The first-order valence-corrected chi connectivity index (χ1v) is 6.66.